The molecule has 1 atom stereocenters. The molecule has 0 aliphatic carbocycles. The van der Waals surface area contributed by atoms with E-state index in [1.54, 1.807) is 11.9 Å². The van der Waals surface area contributed by atoms with Gasteiger partial charge < -0.3 is 20.2 Å². The van der Waals surface area contributed by atoms with Crippen molar-refractivity contribution in [1.82, 2.24) is 15.1 Å². The van der Waals surface area contributed by atoms with Gasteiger partial charge in [-0.15, -0.1) is 0 Å². The van der Waals surface area contributed by atoms with Crippen molar-refractivity contribution in [2.45, 2.75) is 38.6 Å². The van der Waals surface area contributed by atoms with Gasteiger partial charge in [0.2, 0.25) is 0 Å². The van der Waals surface area contributed by atoms with Gasteiger partial charge in [-0.1, -0.05) is 13.3 Å². The first-order valence-corrected chi connectivity index (χ1v) is 7.01. The van der Waals surface area contributed by atoms with E-state index in [-0.39, 0.29) is 6.03 Å². The normalized spacial score (nSPS) is 17.2. The summed E-state index contributed by atoms with van der Waals surface area (Å²) >= 11 is 0. The van der Waals surface area contributed by atoms with Crippen LogP contribution in [-0.2, 0) is 4.79 Å². The Morgan fingerprint density at radius 2 is 2.00 bits per heavy atom. The number of likely N-dealkylation sites (tertiary alicyclic amines) is 1. The van der Waals surface area contributed by atoms with Crippen LogP contribution >= 0.6 is 0 Å². The van der Waals surface area contributed by atoms with Crippen LogP contribution in [0.4, 0.5) is 4.79 Å². The second kappa shape index (κ2) is 7.99. The molecule has 0 bridgehead atoms. The summed E-state index contributed by atoms with van der Waals surface area (Å²) in [4.78, 5) is 26.7. The summed E-state index contributed by atoms with van der Waals surface area (Å²) in [5, 5.41) is 11.6. The van der Waals surface area contributed by atoms with Crippen molar-refractivity contribution in [3.05, 3.63) is 0 Å². The molecule has 2 N–H and O–H groups in total. The average Bonchev–Trinajstić information content (AvgIpc) is 2.88. The van der Waals surface area contributed by atoms with E-state index in [2.05, 4.69) is 10.2 Å². The van der Waals surface area contributed by atoms with Crippen LogP contribution in [-0.4, -0.2) is 66.2 Å². The number of rotatable bonds is 7. The molecule has 0 unspecified atom stereocenters. The van der Waals surface area contributed by atoms with Crippen LogP contribution in [0.3, 0.4) is 0 Å². The molecule has 0 aromatic rings. The minimum Gasteiger partial charge on any atom is -0.480 e. The smallest absolute Gasteiger partial charge is 0.326 e. The van der Waals surface area contributed by atoms with E-state index in [9.17, 15) is 9.59 Å². The molecule has 1 saturated heterocycles. The first kappa shape index (κ1) is 15.8. The van der Waals surface area contributed by atoms with Gasteiger partial charge in [-0.25, -0.2) is 9.59 Å². The number of urea groups is 1. The molecule has 110 valence electrons. The zero-order chi connectivity index (χ0) is 14.3. The standard InChI is InChI=1S/C13H25N3O3/c1-3-6-11(12(17)18)14-13(19)15(2)9-10-16-7-4-5-8-16/h11H,3-10H2,1-2H3,(H,14,19)(H,17,18)/t11-/m1/s1. The van der Waals surface area contributed by atoms with E-state index in [0.29, 0.717) is 13.0 Å². The molecular formula is C13H25N3O3. The number of carboxylic acids is 1. The van der Waals surface area contributed by atoms with E-state index in [1.807, 2.05) is 6.92 Å². The molecule has 6 heteroatoms. The number of amides is 2. The zero-order valence-corrected chi connectivity index (χ0v) is 11.9. The van der Waals surface area contributed by atoms with E-state index < -0.39 is 12.0 Å². The highest BCUT2D eigenvalue weighted by molar-refractivity contribution is 5.82. The molecule has 1 fully saturated rings. The van der Waals surface area contributed by atoms with Crippen molar-refractivity contribution >= 4 is 12.0 Å². The Morgan fingerprint density at radius 3 is 2.53 bits per heavy atom. The van der Waals surface area contributed by atoms with Crippen molar-refractivity contribution < 1.29 is 14.7 Å². The Balaban J connectivity index is 2.31. The summed E-state index contributed by atoms with van der Waals surface area (Å²) in [5.74, 6) is -0.969. The monoisotopic (exact) mass is 271 g/mol. The van der Waals surface area contributed by atoms with Crippen LogP contribution in [0.5, 0.6) is 0 Å². The van der Waals surface area contributed by atoms with Gasteiger partial charge in [0.25, 0.3) is 0 Å². The zero-order valence-electron chi connectivity index (χ0n) is 11.9. The van der Waals surface area contributed by atoms with E-state index >= 15 is 0 Å². The first-order chi connectivity index (χ1) is 9.04. The second-order valence-electron chi connectivity index (χ2n) is 5.10. The van der Waals surface area contributed by atoms with Crippen molar-refractivity contribution in [3.8, 4) is 0 Å². The van der Waals surface area contributed by atoms with Gasteiger partial charge in [-0.2, -0.15) is 0 Å². The number of carbonyl (C=O) groups is 2. The van der Waals surface area contributed by atoms with Crippen LogP contribution in [0, 0.1) is 0 Å². The third-order valence-electron chi connectivity index (χ3n) is 3.47. The Morgan fingerprint density at radius 1 is 1.37 bits per heavy atom. The summed E-state index contributed by atoms with van der Waals surface area (Å²) < 4.78 is 0. The predicted molar refractivity (Wildman–Crippen MR) is 73.2 cm³/mol. The Hall–Kier alpha value is -1.30. The highest BCUT2D eigenvalue weighted by Crippen LogP contribution is 2.06. The number of hydrogen-bond acceptors (Lipinski definition) is 3. The molecule has 2 amide bonds. The summed E-state index contributed by atoms with van der Waals surface area (Å²) in [6, 6.07) is -1.09. The Labute approximate surface area is 114 Å². The third kappa shape index (κ3) is 5.46. The Bertz CT molecular complexity index is 304. The molecule has 6 nitrogen and oxygen atoms in total. The van der Waals surface area contributed by atoms with E-state index in [0.717, 1.165) is 26.1 Å². The van der Waals surface area contributed by atoms with Gasteiger partial charge in [-0.05, 0) is 32.4 Å². The fourth-order valence-electron chi connectivity index (χ4n) is 2.20. The van der Waals surface area contributed by atoms with Crippen molar-refractivity contribution in [3.63, 3.8) is 0 Å². The number of hydrogen-bond donors (Lipinski definition) is 2. The Kier molecular flexibility index (Phi) is 6.62. The minimum atomic E-state index is -0.969. The minimum absolute atomic E-state index is 0.306. The highest BCUT2D eigenvalue weighted by Gasteiger charge is 2.21. The molecular weight excluding hydrogens is 246 g/mol. The fraction of sp³-hybridized carbons (Fsp3) is 0.846. The predicted octanol–water partition coefficient (Wildman–Crippen LogP) is 0.977. The third-order valence-corrected chi connectivity index (χ3v) is 3.47. The van der Waals surface area contributed by atoms with Gasteiger partial charge in [0.1, 0.15) is 6.04 Å². The molecule has 1 rings (SSSR count). The van der Waals surface area contributed by atoms with Crippen molar-refractivity contribution in [1.29, 1.82) is 0 Å². The average molecular weight is 271 g/mol. The number of carbonyl (C=O) groups excluding carboxylic acids is 1. The molecule has 0 spiro atoms. The number of nitrogens with zero attached hydrogens (tertiary/aromatic N) is 2. The molecule has 1 aliphatic rings. The van der Waals surface area contributed by atoms with Gasteiger partial charge in [0.15, 0.2) is 0 Å². The maximum Gasteiger partial charge on any atom is 0.326 e. The maximum absolute atomic E-state index is 11.9. The van der Waals surface area contributed by atoms with Gasteiger partial charge in [-0.3, -0.25) is 0 Å². The molecule has 0 aromatic carbocycles. The molecule has 0 radical (unpaired) electrons. The fourth-order valence-corrected chi connectivity index (χ4v) is 2.20. The number of carboxylic acid groups (broad SMARTS) is 1. The highest BCUT2D eigenvalue weighted by atomic mass is 16.4. The summed E-state index contributed by atoms with van der Waals surface area (Å²) in [5.41, 5.74) is 0. The lowest BCUT2D eigenvalue weighted by Gasteiger charge is -2.23. The molecule has 1 heterocycles. The quantitative estimate of drug-likeness (QED) is 0.724. The van der Waals surface area contributed by atoms with Crippen LogP contribution < -0.4 is 5.32 Å². The maximum atomic E-state index is 11.9. The van der Waals surface area contributed by atoms with Gasteiger partial charge >= 0.3 is 12.0 Å². The van der Waals surface area contributed by atoms with Gasteiger partial charge in [0.05, 0.1) is 0 Å². The second-order valence-corrected chi connectivity index (χ2v) is 5.10. The number of aliphatic carboxylic acids is 1. The van der Waals surface area contributed by atoms with Crippen molar-refractivity contribution in [2.24, 2.45) is 0 Å². The molecule has 19 heavy (non-hydrogen) atoms. The van der Waals surface area contributed by atoms with Gasteiger partial charge in [0, 0.05) is 20.1 Å². The van der Waals surface area contributed by atoms with Crippen LogP contribution in [0.25, 0.3) is 0 Å². The topological polar surface area (TPSA) is 72.9 Å². The number of nitrogens with one attached hydrogen (secondary N) is 1. The lowest BCUT2D eigenvalue weighted by atomic mass is 10.2. The van der Waals surface area contributed by atoms with Crippen LogP contribution in [0.1, 0.15) is 32.6 Å². The lowest BCUT2D eigenvalue weighted by Crippen LogP contribution is -2.48. The van der Waals surface area contributed by atoms with E-state index in [1.165, 1.54) is 12.8 Å². The SMILES string of the molecule is CCC[C@@H](NC(=O)N(C)CCN1CCCC1)C(=O)O. The molecule has 1 aliphatic heterocycles. The number of likely N-dealkylation sites (N-methyl/N-ethyl adjacent to an activating group) is 1. The van der Waals surface area contributed by atoms with E-state index in [4.69, 9.17) is 5.11 Å². The summed E-state index contributed by atoms with van der Waals surface area (Å²) in [6.07, 6.45) is 3.65. The van der Waals surface area contributed by atoms with Crippen LogP contribution in [0.2, 0.25) is 0 Å². The van der Waals surface area contributed by atoms with Crippen LogP contribution in [0.15, 0.2) is 0 Å². The molecule has 0 saturated carbocycles. The lowest BCUT2D eigenvalue weighted by molar-refractivity contribution is -0.139. The summed E-state index contributed by atoms with van der Waals surface area (Å²) in [7, 11) is 1.70. The largest absolute Gasteiger partial charge is 0.480 e. The first-order valence-electron chi connectivity index (χ1n) is 7.01. The van der Waals surface area contributed by atoms with Crippen molar-refractivity contribution in [2.75, 3.05) is 33.2 Å². The molecule has 0 aromatic heterocycles. The summed E-state index contributed by atoms with van der Waals surface area (Å²) in [6.45, 7) is 5.59.